The minimum Gasteiger partial charge on any atom is -0.497 e. The summed E-state index contributed by atoms with van der Waals surface area (Å²) in [6.07, 6.45) is 1.08. The Balaban J connectivity index is 2.23. The maximum atomic E-state index is 13.2. The molecule has 0 radical (unpaired) electrons. The van der Waals surface area contributed by atoms with Gasteiger partial charge >= 0.3 is 0 Å². The van der Waals surface area contributed by atoms with Crippen LogP contribution >= 0.6 is 0 Å². The first-order valence-electron chi connectivity index (χ1n) is 10.1. The van der Waals surface area contributed by atoms with Crippen LogP contribution in [0, 0.1) is 6.92 Å². The van der Waals surface area contributed by atoms with E-state index in [1.54, 1.807) is 18.9 Å². The highest BCUT2D eigenvalue weighted by Gasteiger charge is 2.27. The Labute approximate surface area is 174 Å². The van der Waals surface area contributed by atoms with Crippen LogP contribution in [-0.4, -0.2) is 35.9 Å². The summed E-state index contributed by atoms with van der Waals surface area (Å²) < 4.78 is 5.18. The molecule has 156 valence electrons. The summed E-state index contributed by atoms with van der Waals surface area (Å²) >= 11 is 0. The van der Waals surface area contributed by atoms with E-state index in [1.807, 2.05) is 69.3 Å². The van der Waals surface area contributed by atoms with Gasteiger partial charge in [-0.1, -0.05) is 43.3 Å². The monoisotopic (exact) mass is 396 g/mol. The van der Waals surface area contributed by atoms with Gasteiger partial charge in [-0.2, -0.15) is 0 Å². The first kappa shape index (κ1) is 22.5. The fraction of sp³-hybridized carbons (Fsp3) is 0.417. The zero-order chi connectivity index (χ0) is 21.4. The summed E-state index contributed by atoms with van der Waals surface area (Å²) in [5.74, 6) is 0.542. The van der Waals surface area contributed by atoms with E-state index in [-0.39, 0.29) is 24.3 Å². The molecule has 0 aliphatic carbocycles. The van der Waals surface area contributed by atoms with E-state index in [2.05, 4.69) is 5.32 Å². The van der Waals surface area contributed by atoms with E-state index in [4.69, 9.17) is 4.74 Å². The minimum absolute atomic E-state index is 0.0713. The molecule has 2 rings (SSSR count). The quantitative estimate of drug-likeness (QED) is 0.700. The van der Waals surface area contributed by atoms with Crippen LogP contribution in [0.5, 0.6) is 5.75 Å². The van der Waals surface area contributed by atoms with Crippen LogP contribution in [0.3, 0.4) is 0 Å². The molecule has 0 fully saturated rings. The van der Waals surface area contributed by atoms with Crippen molar-refractivity contribution >= 4 is 11.8 Å². The summed E-state index contributed by atoms with van der Waals surface area (Å²) in [4.78, 5) is 27.6. The second kappa shape index (κ2) is 10.6. The van der Waals surface area contributed by atoms with Gasteiger partial charge in [0, 0.05) is 12.6 Å². The number of aryl methyl sites for hydroxylation is 1. The first-order valence-corrected chi connectivity index (χ1v) is 10.1. The summed E-state index contributed by atoms with van der Waals surface area (Å²) in [5.41, 5.74) is 3.03. The van der Waals surface area contributed by atoms with Crippen molar-refractivity contribution in [2.45, 2.75) is 59.2 Å². The lowest BCUT2D eigenvalue weighted by Crippen LogP contribution is -2.50. The molecule has 0 unspecified atom stereocenters. The second-order valence-electron chi connectivity index (χ2n) is 7.47. The van der Waals surface area contributed by atoms with Crippen LogP contribution in [0.1, 0.15) is 43.9 Å². The third-order valence-corrected chi connectivity index (χ3v) is 5.28. The standard InChI is InChI=1S/C24H32N2O3/c1-6-18(3)25-24(28)19(4)26(16-21-10-8-7-9-17(21)2)23(27)15-20-11-13-22(29-5)14-12-20/h7-14,18-19H,6,15-16H2,1-5H3,(H,25,28)/t18-,19+/m1/s1. The summed E-state index contributed by atoms with van der Waals surface area (Å²) in [6, 6.07) is 14.9. The van der Waals surface area contributed by atoms with E-state index < -0.39 is 6.04 Å². The largest absolute Gasteiger partial charge is 0.497 e. The van der Waals surface area contributed by atoms with E-state index in [0.29, 0.717) is 6.54 Å². The van der Waals surface area contributed by atoms with Crippen LogP contribution in [0.15, 0.2) is 48.5 Å². The van der Waals surface area contributed by atoms with Gasteiger partial charge in [0.2, 0.25) is 11.8 Å². The van der Waals surface area contributed by atoms with Gasteiger partial charge in [-0.05, 0) is 56.0 Å². The van der Waals surface area contributed by atoms with E-state index in [0.717, 1.165) is 28.9 Å². The highest BCUT2D eigenvalue weighted by atomic mass is 16.5. The normalized spacial score (nSPS) is 12.7. The average Bonchev–Trinajstić information content (AvgIpc) is 2.72. The van der Waals surface area contributed by atoms with Crippen molar-refractivity contribution in [2.75, 3.05) is 7.11 Å². The number of benzene rings is 2. The maximum absolute atomic E-state index is 13.2. The van der Waals surface area contributed by atoms with Crippen molar-refractivity contribution < 1.29 is 14.3 Å². The van der Waals surface area contributed by atoms with Crippen LogP contribution < -0.4 is 10.1 Å². The van der Waals surface area contributed by atoms with Crippen molar-refractivity contribution in [3.05, 3.63) is 65.2 Å². The Morgan fingerprint density at radius 2 is 1.72 bits per heavy atom. The lowest BCUT2D eigenvalue weighted by Gasteiger charge is -2.30. The number of carbonyl (C=O) groups is 2. The molecular weight excluding hydrogens is 364 g/mol. The number of hydrogen-bond acceptors (Lipinski definition) is 3. The smallest absolute Gasteiger partial charge is 0.242 e. The van der Waals surface area contributed by atoms with Crippen LogP contribution in [-0.2, 0) is 22.6 Å². The zero-order valence-corrected chi connectivity index (χ0v) is 18.1. The van der Waals surface area contributed by atoms with E-state index in [1.165, 1.54) is 0 Å². The third-order valence-electron chi connectivity index (χ3n) is 5.28. The molecule has 0 aliphatic heterocycles. The van der Waals surface area contributed by atoms with Gasteiger partial charge in [0.05, 0.1) is 13.5 Å². The van der Waals surface area contributed by atoms with E-state index >= 15 is 0 Å². The van der Waals surface area contributed by atoms with Gasteiger partial charge in [-0.25, -0.2) is 0 Å². The van der Waals surface area contributed by atoms with Crippen molar-refractivity contribution in [2.24, 2.45) is 0 Å². The lowest BCUT2D eigenvalue weighted by molar-refractivity contribution is -0.140. The molecule has 2 aromatic carbocycles. The second-order valence-corrected chi connectivity index (χ2v) is 7.47. The number of nitrogens with zero attached hydrogens (tertiary/aromatic N) is 1. The Kier molecular flexibility index (Phi) is 8.25. The lowest BCUT2D eigenvalue weighted by atomic mass is 10.1. The van der Waals surface area contributed by atoms with Crippen molar-refractivity contribution in [3.63, 3.8) is 0 Å². The van der Waals surface area contributed by atoms with Gasteiger partial charge in [-0.15, -0.1) is 0 Å². The van der Waals surface area contributed by atoms with Crippen LogP contribution in [0.4, 0.5) is 0 Å². The summed E-state index contributed by atoms with van der Waals surface area (Å²) in [6.45, 7) is 8.20. The molecule has 0 saturated carbocycles. The molecule has 1 N–H and O–H groups in total. The maximum Gasteiger partial charge on any atom is 0.242 e. The predicted octanol–water partition coefficient (Wildman–Crippen LogP) is 3.88. The van der Waals surface area contributed by atoms with Gasteiger partial charge < -0.3 is 15.0 Å². The van der Waals surface area contributed by atoms with Gasteiger partial charge in [0.15, 0.2) is 0 Å². The first-order chi connectivity index (χ1) is 13.8. The van der Waals surface area contributed by atoms with Crippen LogP contribution in [0.2, 0.25) is 0 Å². The molecule has 2 atom stereocenters. The van der Waals surface area contributed by atoms with Crippen molar-refractivity contribution in [1.29, 1.82) is 0 Å². The summed E-state index contributed by atoms with van der Waals surface area (Å²) in [5, 5.41) is 2.99. The number of methoxy groups -OCH3 is 1. The molecule has 29 heavy (non-hydrogen) atoms. The fourth-order valence-corrected chi connectivity index (χ4v) is 3.04. The SMILES string of the molecule is CC[C@@H](C)NC(=O)[C@H](C)N(Cc1ccccc1C)C(=O)Cc1ccc(OC)cc1. The molecule has 0 aliphatic rings. The Hall–Kier alpha value is -2.82. The number of nitrogens with one attached hydrogen (secondary N) is 1. The van der Waals surface area contributed by atoms with Crippen LogP contribution in [0.25, 0.3) is 0 Å². The molecule has 0 aromatic heterocycles. The Morgan fingerprint density at radius 3 is 2.31 bits per heavy atom. The van der Waals surface area contributed by atoms with E-state index in [9.17, 15) is 9.59 Å². The average molecular weight is 397 g/mol. The zero-order valence-electron chi connectivity index (χ0n) is 18.1. The highest BCUT2D eigenvalue weighted by molar-refractivity contribution is 5.88. The van der Waals surface area contributed by atoms with Gasteiger partial charge in [0.1, 0.15) is 11.8 Å². The number of ether oxygens (including phenoxy) is 1. The molecule has 2 aromatic rings. The molecule has 0 spiro atoms. The van der Waals surface area contributed by atoms with Crippen molar-refractivity contribution in [3.8, 4) is 5.75 Å². The molecule has 5 heteroatoms. The molecule has 0 heterocycles. The molecule has 2 amide bonds. The highest BCUT2D eigenvalue weighted by Crippen LogP contribution is 2.17. The molecule has 0 bridgehead atoms. The van der Waals surface area contributed by atoms with Gasteiger partial charge in [-0.3, -0.25) is 9.59 Å². The molecule has 5 nitrogen and oxygen atoms in total. The fourth-order valence-electron chi connectivity index (χ4n) is 3.04. The van der Waals surface area contributed by atoms with Gasteiger partial charge in [0.25, 0.3) is 0 Å². The minimum atomic E-state index is -0.561. The summed E-state index contributed by atoms with van der Waals surface area (Å²) in [7, 11) is 1.61. The van der Waals surface area contributed by atoms with Crippen molar-refractivity contribution in [1.82, 2.24) is 10.2 Å². The number of amides is 2. The molecule has 0 saturated heterocycles. The Bertz CT molecular complexity index is 817. The molecular formula is C24H32N2O3. The Morgan fingerprint density at radius 1 is 1.07 bits per heavy atom. The third kappa shape index (κ3) is 6.34. The topological polar surface area (TPSA) is 58.6 Å². The number of carbonyl (C=O) groups excluding carboxylic acids is 2. The predicted molar refractivity (Wildman–Crippen MR) is 116 cm³/mol. The number of hydrogen-bond donors (Lipinski definition) is 1. The number of rotatable bonds is 9.